The van der Waals surface area contributed by atoms with Gasteiger partial charge in [0, 0.05) is 12.3 Å². The van der Waals surface area contributed by atoms with Crippen LogP contribution in [-0.4, -0.2) is 33.6 Å². The van der Waals surface area contributed by atoms with Crippen LogP contribution in [0, 0.1) is 0 Å². The van der Waals surface area contributed by atoms with Crippen molar-refractivity contribution in [3.05, 3.63) is 42.1 Å². The second-order valence-electron chi connectivity index (χ2n) is 4.88. The number of alkyl halides is 3. The molecule has 0 bridgehead atoms. The number of hydrogen-bond acceptors (Lipinski definition) is 3. The van der Waals surface area contributed by atoms with Gasteiger partial charge >= 0.3 is 12.2 Å². The lowest BCUT2D eigenvalue weighted by Crippen LogP contribution is -2.38. The number of halogens is 3. The summed E-state index contributed by atoms with van der Waals surface area (Å²) in [6, 6.07) is 5.13. The first-order chi connectivity index (χ1) is 10.8. The highest BCUT2D eigenvalue weighted by atomic mass is 19.4. The molecule has 124 valence electrons. The summed E-state index contributed by atoms with van der Waals surface area (Å²) in [5, 5.41) is 17.7. The second kappa shape index (κ2) is 6.69. The standard InChI is InChI=1S/C14H15F3N4O2/c1-9(8-22)18-13(23)19-12-5-6-21(20-12)11-4-2-3-10(7-11)14(15,16)17/h2-7,9,22H,8H2,1H3,(H2,18,19,20,23)/t9-/m0/s1. The number of urea groups is 1. The number of nitrogens with one attached hydrogen (secondary N) is 2. The maximum absolute atomic E-state index is 12.7. The quantitative estimate of drug-likeness (QED) is 0.806. The Morgan fingerprint density at radius 3 is 2.78 bits per heavy atom. The number of carbonyl (C=O) groups is 1. The van der Waals surface area contributed by atoms with Crippen molar-refractivity contribution in [1.29, 1.82) is 0 Å². The van der Waals surface area contributed by atoms with E-state index in [-0.39, 0.29) is 18.1 Å². The molecule has 0 radical (unpaired) electrons. The fourth-order valence-corrected chi connectivity index (χ4v) is 1.78. The van der Waals surface area contributed by atoms with Crippen LogP contribution < -0.4 is 10.6 Å². The molecular weight excluding hydrogens is 313 g/mol. The molecule has 0 saturated carbocycles. The third-order valence-corrected chi connectivity index (χ3v) is 2.92. The van der Waals surface area contributed by atoms with E-state index in [0.29, 0.717) is 0 Å². The van der Waals surface area contributed by atoms with Crippen LogP contribution in [0.5, 0.6) is 0 Å². The van der Waals surface area contributed by atoms with E-state index in [1.807, 2.05) is 0 Å². The van der Waals surface area contributed by atoms with Gasteiger partial charge in [0.25, 0.3) is 0 Å². The number of anilines is 1. The van der Waals surface area contributed by atoms with Gasteiger partial charge in [0.1, 0.15) is 0 Å². The summed E-state index contributed by atoms with van der Waals surface area (Å²) in [5.41, 5.74) is -0.563. The van der Waals surface area contributed by atoms with E-state index in [4.69, 9.17) is 5.11 Å². The van der Waals surface area contributed by atoms with E-state index >= 15 is 0 Å². The van der Waals surface area contributed by atoms with Gasteiger partial charge in [0.05, 0.1) is 23.9 Å². The predicted molar refractivity (Wildman–Crippen MR) is 77.3 cm³/mol. The molecular formula is C14H15F3N4O2. The van der Waals surface area contributed by atoms with Crippen LogP contribution >= 0.6 is 0 Å². The lowest BCUT2D eigenvalue weighted by molar-refractivity contribution is -0.137. The zero-order chi connectivity index (χ0) is 17.0. The normalized spacial score (nSPS) is 12.7. The van der Waals surface area contributed by atoms with Gasteiger partial charge in [-0.2, -0.15) is 13.2 Å². The lowest BCUT2D eigenvalue weighted by Gasteiger charge is -2.10. The third kappa shape index (κ3) is 4.46. The monoisotopic (exact) mass is 328 g/mol. The first kappa shape index (κ1) is 16.8. The number of rotatable bonds is 4. The molecule has 3 N–H and O–H groups in total. The fraction of sp³-hybridized carbons (Fsp3) is 0.286. The van der Waals surface area contributed by atoms with Gasteiger partial charge < -0.3 is 10.4 Å². The summed E-state index contributed by atoms with van der Waals surface area (Å²) in [7, 11) is 0. The molecule has 9 heteroatoms. The summed E-state index contributed by atoms with van der Waals surface area (Å²) >= 11 is 0. The van der Waals surface area contributed by atoms with E-state index in [0.717, 1.165) is 12.1 Å². The van der Waals surface area contributed by atoms with Crippen molar-refractivity contribution in [1.82, 2.24) is 15.1 Å². The number of carbonyl (C=O) groups excluding carboxylic acids is 1. The minimum Gasteiger partial charge on any atom is -0.394 e. The average Bonchev–Trinajstić information content (AvgIpc) is 2.94. The molecule has 2 amide bonds. The Balaban J connectivity index is 2.12. The van der Waals surface area contributed by atoms with E-state index in [2.05, 4.69) is 15.7 Å². The van der Waals surface area contributed by atoms with Crippen molar-refractivity contribution in [2.24, 2.45) is 0 Å². The van der Waals surface area contributed by atoms with E-state index < -0.39 is 23.8 Å². The molecule has 0 aliphatic heterocycles. The molecule has 1 aromatic heterocycles. The van der Waals surface area contributed by atoms with Crippen molar-refractivity contribution in [2.75, 3.05) is 11.9 Å². The van der Waals surface area contributed by atoms with E-state index in [9.17, 15) is 18.0 Å². The Labute approximate surface area is 129 Å². The smallest absolute Gasteiger partial charge is 0.394 e. The molecule has 1 heterocycles. The molecule has 0 fully saturated rings. The van der Waals surface area contributed by atoms with Crippen LogP contribution in [-0.2, 0) is 6.18 Å². The first-order valence-electron chi connectivity index (χ1n) is 6.71. The highest BCUT2D eigenvalue weighted by Gasteiger charge is 2.30. The summed E-state index contributed by atoms with van der Waals surface area (Å²) < 4.78 is 39.3. The SMILES string of the molecule is C[C@@H](CO)NC(=O)Nc1ccn(-c2cccc(C(F)(F)F)c2)n1. The van der Waals surface area contributed by atoms with Crippen LogP contribution in [0.15, 0.2) is 36.5 Å². The highest BCUT2D eigenvalue weighted by molar-refractivity contribution is 5.88. The van der Waals surface area contributed by atoms with Crippen LogP contribution in [0.1, 0.15) is 12.5 Å². The Morgan fingerprint density at radius 2 is 2.13 bits per heavy atom. The van der Waals surface area contributed by atoms with Crippen LogP contribution in [0.4, 0.5) is 23.8 Å². The van der Waals surface area contributed by atoms with Crippen molar-refractivity contribution in [3.8, 4) is 5.69 Å². The van der Waals surface area contributed by atoms with Crippen molar-refractivity contribution in [3.63, 3.8) is 0 Å². The average molecular weight is 328 g/mol. The Morgan fingerprint density at radius 1 is 1.39 bits per heavy atom. The van der Waals surface area contributed by atoms with Gasteiger partial charge in [-0.15, -0.1) is 5.10 Å². The maximum atomic E-state index is 12.7. The summed E-state index contributed by atoms with van der Waals surface area (Å²) in [6.45, 7) is 1.40. The third-order valence-electron chi connectivity index (χ3n) is 2.92. The molecule has 1 atom stereocenters. The first-order valence-corrected chi connectivity index (χ1v) is 6.71. The maximum Gasteiger partial charge on any atom is 0.416 e. The zero-order valence-electron chi connectivity index (χ0n) is 12.1. The molecule has 0 unspecified atom stereocenters. The van der Waals surface area contributed by atoms with Gasteiger partial charge in [-0.1, -0.05) is 6.07 Å². The van der Waals surface area contributed by atoms with Crippen LogP contribution in [0.25, 0.3) is 5.69 Å². The van der Waals surface area contributed by atoms with Crippen molar-refractivity contribution >= 4 is 11.8 Å². The second-order valence-corrected chi connectivity index (χ2v) is 4.88. The molecule has 6 nitrogen and oxygen atoms in total. The van der Waals surface area contributed by atoms with Crippen LogP contribution in [0.2, 0.25) is 0 Å². The minimum atomic E-state index is -4.44. The topological polar surface area (TPSA) is 79.2 Å². The predicted octanol–water partition coefficient (Wildman–Crippen LogP) is 2.39. The van der Waals surface area contributed by atoms with Gasteiger partial charge in [-0.25, -0.2) is 9.48 Å². The Kier molecular flexibility index (Phi) is 4.89. The molecule has 23 heavy (non-hydrogen) atoms. The summed E-state index contributed by atoms with van der Waals surface area (Å²) in [4.78, 5) is 11.6. The number of aliphatic hydroxyl groups is 1. The number of hydrogen-bond donors (Lipinski definition) is 3. The van der Waals surface area contributed by atoms with Gasteiger partial charge in [-0.05, 0) is 25.1 Å². The number of amides is 2. The molecule has 0 aliphatic carbocycles. The van der Waals surface area contributed by atoms with Crippen molar-refractivity contribution < 1.29 is 23.1 Å². The summed E-state index contributed by atoms with van der Waals surface area (Å²) in [5.74, 6) is 0.171. The largest absolute Gasteiger partial charge is 0.416 e. The van der Waals surface area contributed by atoms with Crippen LogP contribution in [0.3, 0.4) is 0 Å². The Bertz CT molecular complexity index is 685. The molecule has 0 spiro atoms. The van der Waals surface area contributed by atoms with Gasteiger partial charge in [0.15, 0.2) is 5.82 Å². The molecule has 2 aromatic rings. The summed E-state index contributed by atoms with van der Waals surface area (Å²) in [6.07, 6.45) is -3.01. The number of benzene rings is 1. The number of aliphatic hydroxyl groups excluding tert-OH is 1. The highest BCUT2D eigenvalue weighted by Crippen LogP contribution is 2.30. The van der Waals surface area contributed by atoms with E-state index in [1.54, 1.807) is 6.92 Å². The zero-order valence-corrected chi connectivity index (χ0v) is 12.1. The van der Waals surface area contributed by atoms with Gasteiger partial charge in [-0.3, -0.25) is 5.32 Å². The number of aromatic nitrogens is 2. The molecule has 1 aromatic carbocycles. The minimum absolute atomic E-state index is 0.171. The number of nitrogens with zero attached hydrogens (tertiary/aromatic N) is 2. The van der Waals surface area contributed by atoms with Crippen molar-refractivity contribution in [2.45, 2.75) is 19.1 Å². The van der Waals surface area contributed by atoms with E-state index in [1.165, 1.54) is 29.1 Å². The Hall–Kier alpha value is -2.55. The van der Waals surface area contributed by atoms with Gasteiger partial charge in [0.2, 0.25) is 0 Å². The molecule has 0 aliphatic rings. The molecule has 0 saturated heterocycles. The molecule has 2 rings (SSSR count). The lowest BCUT2D eigenvalue weighted by atomic mass is 10.2. The fourth-order valence-electron chi connectivity index (χ4n) is 1.78.